The van der Waals surface area contributed by atoms with Gasteiger partial charge in [0.25, 0.3) is 5.91 Å². The standard InChI is InChI=1S/C17H20N4O3/c1-17(4-6-18-7-5-17)16(23)20-13-3-2-11-8-12(15(22)21-24)10-19-14(11)9-13/h2-3,8-10,18,24H,4-7H2,1H3,(H,20,23)(H,21,22). The number of pyridine rings is 1. The van der Waals surface area contributed by atoms with Crippen molar-refractivity contribution in [1.29, 1.82) is 0 Å². The van der Waals surface area contributed by atoms with Crippen molar-refractivity contribution in [2.75, 3.05) is 18.4 Å². The second kappa shape index (κ2) is 6.54. The first-order chi connectivity index (χ1) is 11.5. The molecular weight excluding hydrogens is 308 g/mol. The molecule has 4 N–H and O–H groups in total. The summed E-state index contributed by atoms with van der Waals surface area (Å²) in [7, 11) is 0. The molecule has 0 saturated carbocycles. The summed E-state index contributed by atoms with van der Waals surface area (Å²) in [4.78, 5) is 28.2. The van der Waals surface area contributed by atoms with E-state index in [0.717, 1.165) is 31.3 Å². The van der Waals surface area contributed by atoms with Crippen LogP contribution in [0.15, 0.2) is 30.5 Å². The molecule has 24 heavy (non-hydrogen) atoms. The fraction of sp³-hybridized carbons (Fsp3) is 0.353. The second-order valence-electron chi connectivity index (χ2n) is 6.34. The molecule has 0 unspecified atom stereocenters. The molecule has 0 spiro atoms. The van der Waals surface area contributed by atoms with Crippen LogP contribution < -0.4 is 16.1 Å². The number of nitrogens with zero attached hydrogens (tertiary/aromatic N) is 1. The molecule has 1 fully saturated rings. The Morgan fingerprint density at radius 3 is 2.71 bits per heavy atom. The Hall–Kier alpha value is -2.51. The summed E-state index contributed by atoms with van der Waals surface area (Å²) in [5.41, 5.74) is 2.83. The number of nitrogens with one attached hydrogen (secondary N) is 3. The van der Waals surface area contributed by atoms with Gasteiger partial charge in [0.15, 0.2) is 0 Å². The monoisotopic (exact) mass is 328 g/mol. The molecule has 2 heterocycles. The molecule has 0 atom stereocenters. The highest BCUT2D eigenvalue weighted by molar-refractivity contribution is 5.99. The van der Waals surface area contributed by atoms with E-state index in [0.29, 0.717) is 11.2 Å². The summed E-state index contributed by atoms with van der Waals surface area (Å²) in [5, 5.41) is 15.7. The van der Waals surface area contributed by atoms with Gasteiger partial charge < -0.3 is 10.6 Å². The minimum absolute atomic E-state index is 0.0135. The quantitative estimate of drug-likeness (QED) is 0.507. The summed E-state index contributed by atoms with van der Waals surface area (Å²) >= 11 is 0. The van der Waals surface area contributed by atoms with Gasteiger partial charge in [-0.1, -0.05) is 13.0 Å². The maximum atomic E-state index is 12.6. The first kappa shape index (κ1) is 16.4. The number of rotatable bonds is 3. The minimum Gasteiger partial charge on any atom is -0.326 e. The summed E-state index contributed by atoms with van der Waals surface area (Å²) in [6, 6.07) is 6.98. The van der Waals surface area contributed by atoms with Crippen LogP contribution in [0.1, 0.15) is 30.1 Å². The Bertz CT molecular complexity index is 784. The molecule has 1 aromatic carbocycles. The van der Waals surface area contributed by atoms with Crippen molar-refractivity contribution in [1.82, 2.24) is 15.8 Å². The highest BCUT2D eigenvalue weighted by Crippen LogP contribution is 2.30. The van der Waals surface area contributed by atoms with Crippen molar-refractivity contribution in [3.63, 3.8) is 0 Å². The number of anilines is 1. The van der Waals surface area contributed by atoms with Crippen LogP contribution in [0.5, 0.6) is 0 Å². The summed E-state index contributed by atoms with van der Waals surface area (Å²) in [5.74, 6) is -0.597. The molecule has 0 aliphatic carbocycles. The van der Waals surface area contributed by atoms with E-state index in [-0.39, 0.29) is 16.9 Å². The van der Waals surface area contributed by atoms with Gasteiger partial charge in [-0.25, -0.2) is 5.48 Å². The predicted molar refractivity (Wildman–Crippen MR) is 89.8 cm³/mol. The average Bonchev–Trinajstić information content (AvgIpc) is 2.61. The van der Waals surface area contributed by atoms with Gasteiger partial charge in [-0.15, -0.1) is 0 Å². The lowest BCUT2D eigenvalue weighted by atomic mass is 9.80. The minimum atomic E-state index is -0.611. The Morgan fingerprint density at radius 1 is 1.25 bits per heavy atom. The van der Waals surface area contributed by atoms with Crippen LogP contribution in [0.4, 0.5) is 5.69 Å². The fourth-order valence-electron chi connectivity index (χ4n) is 2.88. The van der Waals surface area contributed by atoms with Gasteiger partial charge >= 0.3 is 0 Å². The number of hydrogen-bond acceptors (Lipinski definition) is 5. The topological polar surface area (TPSA) is 103 Å². The summed E-state index contributed by atoms with van der Waals surface area (Å²) < 4.78 is 0. The highest BCUT2D eigenvalue weighted by Gasteiger charge is 2.34. The van der Waals surface area contributed by atoms with Crippen molar-refractivity contribution in [3.8, 4) is 0 Å². The van der Waals surface area contributed by atoms with Crippen LogP contribution in [-0.4, -0.2) is 35.1 Å². The summed E-state index contributed by atoms with van der Waals surface area (Å²) in [6.07, 6.45) is 3.00. The molecular formula is C17H20N4O3. The zero-order chi connectivity index (χ0) is 17.2. The third kappa shape index (κ3) is 3.22. The van der Waals surface area contributed by atoms with Gasteiger partial charge in [0.2, 0.25) is 5.91 Å². The Kier molecular flexibility index (Phi) is 4.46. The van der Waals surface area contributed by atoms with E-state index in [4.69, 9.17) is 5.21 Å². The van der Waals surface area contributed by atoms with Crippen molar-refractivity contribution < 1.29 is 14.8 Å². The SMILES string of the molecule is CC1(C(=O)Nc2ccc3cc(C(=O)NO)cnc3c2)CCNCC1. The summed E-state index contributed by atoms with van der Waals surface area (Å²) in [6.45, 7) is 3.68. The molecule has 2 aromatic rings. The van der Waals surface area contributed by atoms with E-state index in [9.17, 15) is 9.59 Å². The van der Waals surface area contributed by atoms with E-state index < -0.39 is 5.91 Å². The molecule has 7 heteroatoms. The van der Waals surface area contributed by atoms with E-state index in [1.807, 2.05) is 6.92 Å². The van der Waals surface area contributed by atoms with Gasteiger partial charge in [-0.2, -0.15) is 0 Å². The molecule has 3 rings (SSSR count). The number of benzene rings is 1. The highest BCUT2D eigenvalue weighted by atomic mass is 16.5. The largest absolute Gasteiger partial charge is 0.326 e. The maximum Gasteiger partial charge on any atom is 0.276 e. The van der Waals surface area contributed by atoms with E-state index >= 15 is 0 Å². The third-order valence-electron chi connectivity index (χ3n) is 4.56. The Labute approximate surface area is 139 Å². The second-order valence-corrected chi connectivity index (χ2v) is 6.34. The zero-order valence-electron chi connectivity index (χ0n) is 13.4. The normalized spacial score (nSPS) is 16.6. The number of carbonyl (C=O) groups excluding carboxylic acids is 2. The van der Waals surface area contributed by atoms with Gasteiger partial charge in [-0.05, 0) is 44.1 Å². The van der Waals surface area contributed by atoms with Gasteiger partial charge in [0.1, 0.15) is 0 Å². The number of amides is 2. The van der Waals surface area contributed by atoms with Crippen molar-refractivity contribution in [2.24, 2.45) is 5.41 Å². The van der Waals surface area contributed by atoms with E-state index in [1.54, 1.807) is 29.7 Å². The predicted octanol–water partition coefficient (Wildman–Crippen LogP) is 1.68. The Morgan fingerprint density at radius 2 is 2.00 bits per heavy atom. The number of aromatic nitrogens is 1. The number of hydroxylamine groups is 1. The van der Waals surface area contributed by atoms with Crippen LogP contribution in [0.2, 0.25) is 0 Å². The first-order valence-electron chi connectivity index (χ1n) is 7.88. The molecule has 0 radical (unpaired) electrons. The number of fused-ring (bicyclic) bond motifs is 1. The van der Waals surface area contributed by atoms with Crippen LogP contribution in [0.3, 0.4) is 0 Å². The Balaban J connectivity index is 1.80. The molecule has 0 bridgehead atoms. The number of carbonyl (C=O) groups is 2. The van der Waals surface area contributed by atoms with Crippen LogP contribution in [0.25, 0.3) is 10.9 Å². The lowest BCUT2D eigenvalue weighted by Gasteiger charge is -2.32. The smallest absolute Gasteiger partial charge is 0.276 e. The van der Waals surface area contributed by atoms with E-state index in [2.05, 4.69) is 15.6 Å². The van der Waals surface area contributed by atoms with Crippen LogP contribution >= 0.6 is 0 Å². The average molecular weight is 328 g/mol. The molecule has 126 valence electrons. The molecule has 1 aliphatic rings. The molecule has 1 aromatic heterocycles. The zero-order valence-corrected chi connectivity index (χ0v) is 13.4. The lowest BCUT2D eigenvalue weighted by molar-refractivity contribution is -0.126. The van der Waals surface area contributed by atoms with Crippen molar-refractivity contribution >= 4 is 28.4 Å². The van der Waals surface area contributed by atoms with Gasteiger partial charge in [-0.3, -0.25) is 19.8 Å². The molecule has 1 aliphatic heterocycles. The number of piperidine rings is 1. The molecule has 2 amide bonds. The van der Waals surface area contributed by atoms with Crippen molar-refractivity contribution in [3.05, 3.63) is 36.0 Å². The van der Waals surface area contributed by atoms with Gasteiger partial charge in [0, 0.05) is 22.7 Å². The first-order valence-corrected chi connectivity index (χ1v) is 7.88. The third-order valence-corrected chi connectivity index (χ3v) is 4.56. The lowest BCUT2D eigenvalue weighted by Crippen LogP contribution is -2.42. The molecule has 7 nitrogen and oxygen atoms in total. The molecule has 1 saturated heterocycles. The van der Waals surface area contributed by atoms with Gasteiger partial charge in [0.05, 0.1) is 11.1 Å². The number of hydrogen-bond donors (Lipinski definition) is 4. The van der Waals surface area contributed by atoms with Crippen LogP contribution in [0, 0.1) is 5.41 Å². The fourth-order valence-corrected chi connectivity index (χ4v) is 2.88. The van der Waals surface area contributed by atoms with Crippen LogP contribution in [-0.2, 0) is 4.79 Å². The maximum absolute atomic E-state index is 12.6. The van der Waals surface area contributed by atoms with Crippen molar-refractivity contribution in [2.45, 2.75) is 19.8 Å². The van der Waals surface area contributed by atoms with E-state index in [1.165, 1.54) is 6.20 Å².